The molecule has 20 heavy (non-hydrogen) atoms. The van der Waals surface area contributed by atoms with Gasteiger partial charge >= 0.3 is 0 Å². The number of anilines is 1. The molecule has 0 fully saturated rings. The highest BCUT2D eigenvalue weighted by molar-refractivity contribution is 7.98. The number of benzene rings is 1. The number of thioether (sulfide) groups is 1. The van der Waals surface area contributed by atoms with Crippen molar-refractivity contribution >= 4 is 17.7 Å². The van der Waals surface area contributed by atoms with Gasteiger partial charge in [-0.2, -0.15) is 4.98 Å². The van der Waals surface area contributed by atoms with Crippen LogP contribution in [-0.4, -0.2) is 34.3 Å². The van der Waals surface area contributed by atoms with E-state index < -0.39 is 0 Å². The maximum Gasteiger partial charge on any atom is 0.228 e. The molecule has 1 aromatic heterocycles. The van der Waals surface area contributed by atoms with Gasteiger partial charge in [0.05, 0.1) is 0 Å². The van der Waals surface area contributed by atoms with E-state index in [0.717, 1.165) is 36.8 Å². The minimum absolute atomic E-state index is 0.737. The molecule has 1 aromatic carbocycles. The molecule has 0 bridgehead atoms. The fourth-order valence-corrected chi connectivity index (χ4v) is 2.47. The lowest BCUT2D eigenvalue weighted by atomic mass is 10.2. The molecule has 0 aliphatic carbocycles. The fourth-order valence-electron chi connectivity index (χ4n) is 2.01. The normalized spacial score (nSPS) is 10.6. The van der Waals surface area contributed by atoms with Gasteiger partial charge in [-0.05, 0) is 31.7 Å². The highest BCUT2D eigenvalue weighted by Gasteiger charge is 2.09. The molecule has 106 valence electrons. The minimum Gasteiger partial charge on any atom is -0.341 e. The van der Waals surface area contributed by atoms with Crippen LogP contribution in [0.5, 0.6) is 0 Å². The lowest BCUT2D eigenvalue weighted by molar-refractivity contribution is 0.758. The Balaban J connectivity index is 2.33. The summed E-state index contributed by atoms with van der Waals surface area (Å²) in [5.41, 5.74) is 1.04. The van der Waals surface area contributed by atoms with Crippen LogP contribution in [0.3, 0.4) is 0 Å². The van der Waals surface area contributed by atoms with E-state index in [-0.39, 0.29) is 0 Å². The molecular weight excluding hydrogens is 268 g/mol. The number of aromatic nitrogens is 3. The molecule has 1 heterocycles. The molecule has 0 atom stereocenters. The lowest BCUT2D eigenvalue weighted by Gasteiger charge is -2.19. The van der Waals surface area contributed by atoms with Gasteiger partial charge in [-0.15, -0.1) is 11.8 Å². The van der Waals surface area contributed by atoms with E-state index >= 15 is 0 Å². The Bertz CT molecular complexity index is 559. The van der Waals surface area contributed by atoms with Crippen molar-refractivity contribution in [2.45, 2.75) is 25.2 Å². The van der Waals surface area contributed by atoms with Gasteiger partial charge in [0.1, 0.15) is 6.33 Å². The Hall–Kier alpha value is -1.62. The van der Waals surface area contributed by atoms with Gasteiger partial charge in [0.2, 0.25) is 5.95 Å². The van der Waals surface area contributed by atoms with Gasteiger partial charge in [-0.25, -0.2) is 9.97 Å². The molecule has 0 aliphatic rings. The maximum atomic E-state index is 4.60. The van der Waals surface area contributed by atoms with Gasteiger partial charge in [0.25, 0.3) is 0 Å². The van der Waals surface area contributed by atoms with E-state index in [2.05, 4.69) is 52.1 Å². The minimum atomic E-state index is 0.737. The van der Waals surface area contributed by atoms with Crippen molar-refractivity contribution in [3.8, 4) is 11.4 Å². The largest absolute Gasteiger partial charge is 0.341 e. The number of hydrogen-bond donors (Lipinski definition) is 0. The Labute approximate surface area is 124 Å². The number of hydrogen-bond acceptors (Lipinski definition) is 5. The van der Waals surface area contributed by atoms with E-state index in [1.54, 1.807) is 18.1 Å². The lowest BCUT2D eigenvalue weighted by Crippen LogP contribution is -2.25. The van der Waals surface area contributed by atoms with Crippen molar-refractivity contribution in [3.63, 3.8) is 0 Å². The summed E-state index contributed by atoms with van der Waals surface area (Å²) in [4.78, 5) is 16.6. The van der Waals surface area contributed by atoms with Crippen LogP contribution in [0, 0.1) is 0 Å². The monoisotopic (exact) mass is 288 g/mol. The van der Waals surface area contributed by atoms with Crippen molar-refractivity contribution < 1.29 is 0 Å². The summed E-state index contributed by atoms with van der Waals surface area (Å²) in [7, 11) is 0. The molecule has 2 aromatic rings. The summed E-state index contributed by atoms with van der Waals surface area (Å²) in [6, 6.07) is 8.27. The topological polar surface area (TPSA) is 41.9 Å². The van der Waals surface area contributed by atoms with Crippen LogP contribution in [-0.2, 0) is 0 Å². The summed E-state index contributed by atoms with van der Waals surface area (Å²) >= 11 is 1.72. The summed E-state index contributed by atoms with van der Waals surface area (Å²) < 4.78 is 0. The predicted octanol–water partition coefficient (Wildman–Crippen LogP) is 3.50. The molecule has 0 radical (unpaired) electrons. The van der Waals surface area contributed by atoms with Crippen molar-refractivity contribution in [2.24, 2.45) is 0 Å². The van der Waals surface area contributed by atoms with Crippen molar-refractivity contribution in [3.05, 3.63) is 30.6 Å². The first kappa shape index (κ1) is 14.8. The molecule has 0 saturated heterocycles. The molecule has 0 unspecified atom stereocenters. The molecule has 0 amide bonds. The standard InChI is InChI=1S/C15H20N4S/c1-4-9-19(5-2)15-17-11-16-14(18-15)12-7-6-8-13(10-12)20-3/h6-8,10-11H,4-5,9H2,1-3H3. The summed E-state index contributed by atoms with van der Waals surface area (Å²) in [5.74, 6) is 1.49. The third kappa shape index (κ3) is 3.48. The number of rotatable bonds is 6. The average Bonchev–Trinajstić information content (AvgIpc) is 2.52. The van der Waals surface area contributed by atoms with Gasteiger partial charge in [0.15, 0.2) is 5.82 Å². The molecule has 5 heteroatoms. The second-order valence-corrected chi connectivity index (χ2v) is 5.30. The molecule has 4 nitrogen and oxygen atoms in total. The van der Waals surface area contributed by atoms with Crippen LogP contribution in [0.2, 0.25) is 0 Å². The van der Waals surface area contributed by atoms with Crippen LogP contribution in [0.1, 0.15) is 20.3 Å². The zero-order valence-electron chi connectivity index (χ0n) is 12.2. The second-order valence-electron chi connectivity index (χ2n) is 4.42. The van der Waals surface area contributed by atoms with Crippen molar-refractivity contribution in [1.29, 1.82) is 0 Å². The molecule has 0 saturated carbocycles. The molecular formula is C15H20N4S. The SMILES string of the molecule is CCCN(CC)c1ncnc(-c2cccc(SC)c2)n1. The Kier molecular flexibility index (Phi) is 5.35. The third-order valence-corrected chi connectivity index (χ3v) is 3.77. The Morgan fingerprint density at radius 2 is 2.05 bits per heavy atom. The second kappa shape index (κ2) is 7.24. The Morgan fingerprint density at radius 1 is 1.20 bits per heavy atom. The highest BCUT2D eigenvalue weighted by atomic mass is 32.2. The maximum absolute atomic E-state index is 4.60. The van der Waals surface area contributed by atoms with E-state index in [0.29, 0.717) is 0 Å². The van der Waals surface area contributed by atoms with Crippen molar-refractivity contribution in [1.82, 2.24) is 15.0 Å². The van der Waals surface area contributed by atoms with Crippen LogP contribution < -0.4 is 4.90 Å². The van der Waals surface area contributed by atoms with Gasteiger partial charge in [0, 0.05) is 23.5 Å². The first-order valence-electron chi connectivity index (χ1n) is 6.86. The first-order valence-corrected chi connectivity index (χ1v) is 8.09. The zero-order chi connectivity index (χ0) is 14.4. The van der Waals surface area contributed by atoms with Gasteiger partial charge < -0.3 is 4.90 Å². The third-order valence-electron chi connectivity index (χ3n) is 3.05. The van der Waals surface area contributed by atoms with E-state index in [1.165, 1.54) is 4.90 Å². The summed E-state index contributed by atoms with van der Waals surface area (Å²) in [6.45, 7) is 6.15. The van der Waals surface area contributed by atoms with Gasteiger partial charge in [-0.3, -0.25) is 0 Å². The molecule has 0 aliphatic heterocycles. The summed E-state index contributed by atoms with van der Waals surface area (Å²) in [5, 5.41) is 0. The van der Waals surface area contributed by atoms with Crippen LogP contribution in [0.25, 0.3) is 11.4 Å². The Morgan fingerprint density at radius 3 is 2.75 bits per heavy atom. The fraction of sp³-hybridized carbons (Fsp3) is 0.400. The predicted molar refractivity (Wildman–Crippen MR) is 85.2 cm³/mol. The molecule has 2 rings (SSSR count). The van der Waals surface area contributed by atoms with E-state index in [1.807, 2.05) is 12.1 Å². The van der Waals surface area contributed by atoms with Crippen LogP contribution in [0.15, 0.2) is 35.5 Å². The first-order chi connectivity index (χ1) is 9.78. The van der Waals surface area contributed by atoms with Gasteiger partial charge in [-0.1, -0.05) is 19.1 Å². The quantitative estimate of drug-likeness (QED) is 0.761. The van der Waals surface area contributed by atoms with Crippen LogP contribution >= 0.6 is 11.8 Å². The summed E-state index contributed by atoms with van der Waals surface area (Å²) in [6.07, 6.45) is 4.75. The smallest absolute Gasteiger partial charge is 0.228 e. The number of nitrogens with zero attached hydrogens (tertiary/aromatic N) is 4. The van der Waals surface area contributed by atoms with Crippen molar-refractivity contribution in [2.75, 3.05) is 24.2 Å². The van der Waals surface area contributed by atoms with Crippen LogP contribution in [0.4, 0.5) is 5.95 Å². The molecule has 0 spiro atoms. The molecule has 0 N–H and O–H groups in total. The average molecular weight is 288 g/mol. The van der Waals surface area contributed by atoms with E-state index in [9.17, 15) is 0 Å². The zero-order valence-corrected chi connectivity index (χ0v) is 13.0. The van der Waals surface area contributed by atoms with E-state index in [4.69, 9.17) is 0 Å². The highest BCUT2D eigenvalue weighted by Crippen LogP contribution is 2.22.